The van der Waals surface area contributed by atoms with Gasteiger partial charge in [0, 0.05) is 0 Å². The first-order chi connectivity index (χ1) is 7.67. The Balaban J connectivity index is 4.29. The smallest absolute Gasteiger partial charge is 0.407 e. The van der Waals surface area contributed by atoms with Crippen molar-refractivity contribution in [2.45, 2.75) is 26.4 Å². The third kappa shape index (κ3) is 6.58. The van der Waals surface area contributed by atoms with E-state index in [4.69, 9.17) is 21.1 Å². The molecule has 0 aliphatic carbocycles. The molecule has 0 saturated heterocycles. The molecule has 0 aromatic carbocycles. The lowest BCUT2D eigenvalue weighted by Gasteiger charge is -2.19. The summed E-state index contributed by atoms with van der Waals surface area (Å²) >= 11 is 3.00. The van der Waals surface area contributed by atoms with Crippen LogP contribution in [0.5, 0.6) is 0 Å². The predicted molar refractivity (Wildman–Crippen MR) is 67.7 cm³/mol. The molecule has 0 aliphatic heterocycles. The van der Waals surface area contributed by atoms with Gasteiger partial charge in [0.2, 0.25) is 0 Å². The zero-order valence-corrected chi connectivity index (χ0v) is 11.5. The zero-order valence-electron chi connectivity index (χ0n) is 9.93. The maximum absolute atomic E-state index is 11.3. The summed E-state index contributed by atoms with van der Waals surface area (Å²) in [5.41, 5.74) is 4.61. The number of carbonyl (C=O) groups is 1. The van der Waals surface area contributed by atoms with Crippen molar-refractivity contribution < 1.29 is 9.53 Å². The largest absolute Gasteiger partial charge is 0.444 e. The number of ether oxygens (including phenoxy) is 1. The number of nitrogens with one attached hydrogen (secondary N) is 2. The summed E-state index contributed by atoms with van der Waals surface area (Å²) in [6.45, 7) is 5.14. The first-order valence-corrected chi connectivity index (χ1v) is 5.56. The number of hydrogen-bond acceptors (Lipinski definition) is 5. The van der Waals surface area contributed by atoms with Gasteiger partial charge in [-0.1, -0.05) is 0 Å². The van der Waals surface area contributed by atoms with Gasteiger partial charge in [0.15, 0.2) is 0 Å². The lowest BCUT2D eigenvalue weighted by atomic mass is 10.2. The Morgan fingerprint density at radius 3 is 2.53 bits per heavy atom. The van der Waals surface area contributed by atoms with E-state index in [1.54, 1.807) is 26.8 Å². The number of amides is 1. The van der Waals surface area contributed by atoms with E-state index in [1.807, 2.05) is 0 Å². The van der Waals surface area contributed by atoms with Gasteiger partial charge in [-0.15, -0.1) is 0 Å². The van der Waals surface area contributed by atoms with Gasteiger partial charge in [-0.25, -0.2) is 4.79 Å². The summed E-state index contributed by atoms with van der Waals surface area (Å²) in [4.78, 5) is 11.3. The lowest BCUT2D eigenvalue weighted by Crippen LogP contribution is -2.35. The maximum atomic E-state index is 11.3. The summed E-state index contributed by atoms with van der Waals surface area (Å²) < 4.78 is 5.14. The van der Waals surface area contributed by atoms with E-state index in [2.05, 4.69) is 21.2 Å². The molecular weight excluding hydrogens is 288 g/mol. The minimum atomic E-state index is -0.627. The molecule has 0 aromatic rings. The maximum Gasteiger partial charge on any atom is 0.407 e. The van der Waals surface area contributed by atoms with Gasteiger partial charge < -0.3 is 21.2 Å². The van der Waals surface area contributed by atoms with Gasteiger partial charge in [-0.2, -0.15) is 5.26 Å². The third-order valence-corrected chi connectivity index (χ3v) is 2.34. The minimum absolute atomic E-state index is 0.00471. The molecule has 17 heavy (non-hydrogen) atoms. The molecule has 0 heterocycles. The van der Waals surface area contributed by atoms with E-state index in [0.717, 1.165) is 0 Å². The summed E-state index contributed by atoms with van der Waals surface area (Å²) in [7, 11) is 0. The Hall–Kier alpha value is -1.55. The molecule has 0 spiro atoms. The van der Waals surface area contributed by atoms with Crippen molar-refractivity contribution in [2.24, 2.45) is 5.73 Å². The fourth-order valence-corrected chi connectivity index (χ4v) is 0.993. The van der Waals surface area contributed by atoms with Gasteiger partial charge in [-0.05, 0) is 36.7 Å². The van der Waals surface area contributed by atoms with Crippen LogP contribution in [0.3, 0.4) is 0 Å². The van der Waals surface area contributed by atoms with E-state index >= 15 is 0 Å². The molecule has 0 bridgehead atoms. The van der Waals surface area contributed by atoms with Crippen LogP contribution in [0.2, 0.25) is 0 Å². The van der Waals surface area contributed by atoms with Crippen LogP contribution in [0.15, 0.2) is 10.2 Å². The molecule has 0 atom stereocenters. The minimum Gasteiger partial charge on any atom is -0.444 e. The monoisotopic (exact) mass is 302 g/mol. The first-order valence-electron chi connectivity index (χ1n) is 4.77. The molecule has 6 nitrogen and oxygen atoms in total. The third-order valence-electron chi connectivity index (χ3n) is 1.43. The van der Waals surface area contributed by atoms with E-state index in [0.29, 0.717) is 0 Å². The van der Waals surface area contributed by atoms with Crippen molar-refractivity contribution in [2.75, 3.05) is 6.54 Å². The van der Waals surface area contributed by atoms with Crippen molar-refractivity contribution in [3.8, 4) is 6.07 Å². The Labute approximate surface area is 108 Å². The van der Waals surface area contributed by atoms with Crippen molar-refractivity contribution in [1.82, 2.24) is 5.32 Å². The van der Waals surface area contributed by atoms with Crippen molar-refractivity contribution in [3.05, 3.63) is 10.2 Å². The zero-order chi connectivity index (χ0) is 13.6. The standard InChI is InChI=1S/C10H15BrN4O2/c1-10(2,3)17-9(16)15-5-7(14)8(11)6(13)4-12/h14H,5,13H2,1-3H3,(H,15,16)/b8-6+,14-7?. The second kappa shape index (κ2) is 6.25. The van der Waals surface area contributed by atoms with E-state index < -0.39 is 11.7 Å². The molecule has 4 N–H and O–H groups in total. The quantitative estimate of drug-likeness (QED) is 0.543. The molecule has 94 valence electrons. The molecule has 0 rings (SSSR count). The van der Waals surface area contributed by atoms with Crippen LogP contribution in [0.4, 0.5) is 4.79 Å². The van der Waals surface area contributed by atoms with Gasteiger partial charge in [-0.3, -0.25) is 0 Å². The van der Waals surface area contributed by atoms with E-state index in [1.165, 1.54) is 0 Å². The molecule has 1 amide bonds. The summed E-state index contributed by atoms with van der Waals surface area (Å²) in [5, 5.41) is 18.4. The highest BCUT2D eigenvalue weighted by atomic mass is 79.9. The van der Waals surface area contributed by atoms with Crippen LogP contribution in [0.1, 0.15) is 20.8 Å². The van der Waals surface area contributed by atoms with Crippen molar-refractivity contribution in [3.63, 3.8) is 0 Å². The highest BCUT2D eigenvalue weighted by Crippen LogP contribution is 2.09. The number of halogens is 1. The first kappa shape index (κ1) is 15.4. The topological polar surface area (TPSA) is 112 Å². The Morgan fingerprint density at radius 2 is 2.12 bits per heavy atom. The molecule has 0 unspecified atom stereocenters. The molecule has 0 aromatic heterocycles. The lowest BCUT2D eigenvalue weighted by molar-refractivity contribution is 0.0536. The highest BCUT2D eigenvalue weighted by molar-refractivity contribution is 9.12. The number of rotatable bonds is 3. The van der Waals surface area contributed by atoms with Gasteiger partial charge in [0.25, 0.3) is 0 Å². The molecule has 0 fully saturated rings. The number of carbonyl (C=O) groups excluding carboxylic acids is 1. The van der Waals surface area contributed by atoms with Crippen LogP contribution in [-0.4, -0.2) is 24.0 Å². The Morgan fingerprint density at radius 1 is 1.59 bits per heavy atom. The van der Waals surface area contributed by atoms with Crippen molar-refractivity contribution >= 4 is 27.7 Å². The fourth-order valence-electron chi connectivity index (χ4n) is 0.764. The summed E-state index contributed by atoms with van der Waals surface area (Å²) in [6.07, 6.45) is -0.627. The molecule has 0 aliphatic rings. The predicted octanol–water partition coefficient (Wildman–Crippen LogP) is 1.62. The fraction of sp³-hybridized carbons (Fsp3) is 0.500. The molecule has 0 saturated carbocycles. The van der Waals surface area contributed by atoms with Crippen molar-refractivity contribution in [1.29, 1.82) is 10.7 Å². The van der Waals surface area contributed by atoms with Crippen LogP contribution in [0, 0.1) is 16.7 Å². The average Bonchev–Trinajstić information content (AvgIpc) is 2.21. The van der Waals surface area contributed by atoms with Crippen LogP contribution in [-0.2, 0) is 4.74 Å². The van der Waals surface area contributed by atoms with E-state index in [9.17, 15) is 4.79 Å². The number of nitrogens with zero attached hydrogens (tertiary/aromatic N) is 1. The van der Waals surface area contributed by atoms with Crippen LogP contribution < -0.4 is 11.1 Å². The highest BCUT2D eigenvalue weighted by Gasteiger charge is 2.16. The number of hydrogen-bond donors (Lipinski definition) is 3. The van der Waals surface area contributed by atoms with Gasteiger partial charge in [0.1, 0.15) is 17.4 Å². The SMILES string of the molecule is CC(C)(C)OC(=O)NCC(=N)/C(Br)=C(\N)C#N. The molecular formula is C10H15BrN4O2. The average molecular weight is 303 g/mol. The van der Waals surface area contributed by atoms with E-state index in [-0.39, 0.29) is 22.4 Å². The normalized spacial score (nSPS) is 12.2. The Bertz CT molecular complexity index is 390. The second-order valence-electron chi connectivity index (χ2n) is 4.17. The Kier molecular flexibility index (Phi) is 5.68. The van der Waals surface area contributed by atoms with Gasteiger partial charge in [0.05, 0.1) is 16.7 Å². The number of nitriles is 1. The summed E-state index contributed by atoms with van der Waals surface area (Å²) in [5.74, 6) is 0. The van der Waals surface area contributed by atoms with Crippen LogP contribution in [0.25, 0.3) is 0 Å². The number of nitrogens with two attached hydrogens (primary N) is 1. The molecule has 0 radical (unpaired) electrons. The second-order valence-corrected chi connectivity index (χ2v) is 4.97. The summed E-state index contributed by atoms with van der Waals surface area (Å²) in [6, 6.07) is 1.70. The van der Waals surface area contributed by atoms with Crippen LogP contribution >= 0.6 is 15.9 Å². The number of alkyl carbamates (subject to hydrolysis) is 1. The number of allylic oxidation sites excluding steroid dienone is 1. The van der Waals surface area contributed by atoms with Gasteiger partial charge >= 0.3 is 6.09 Å². The molecule has 7 heteroatoms.